The van der Waals surface area contributed by atoms with Gasteiger partial charge in [0.2, 0.25) is 11.8 Å². The Balaban J connectivity index is 1.84. The van der Waals surface area contributed by atoms with Crippen LogP contribution in [-0.4, -0.2) is 52.3 Å². The predicted molar refractivity (Wildman–Crippen MR) is 138 cm³/mol. The van der Waals surface area contributed by atoms with Crippen molar-refractivity contribution in [3.8, 4) is 5.75 Å². The van der Waals surface area contributed by atoms with Crippen molar-refractivity contribution in [3.63, 3.8) is 0 Å². The fourth-order valence-electron chi connectivity index (χ4n) is 3.43. The number of fused-ring (bicyclic) bond motifs is 1. The molecule has 0 saturated carbocycles. The number of benzene rings is 1. The summed E-state index contributed by atoms with van der Waals surface area (Å²) in [6.45, 7) is 5.33. The third kappa shape index (κ3) is 5.33. The number of hydrogen-bond acceptors (Lipinski definition) is 5. The normalized spacial score (nSPS) is 11.2. The van der Waals surface area contributed by atoms with Crippen LogP contribution in [0.2, 0.25) is 10.0 Å². The first-order chi connectivity index (χ1) is 16.1. The molecule has 0 radical (unpaired) electrons. The Labute approximate surface area is 216 Å². The molecule has 2 aromatic heterocycles. The zero-order valence-electron chi connectivity index (χ0n) is 19.3. The van der Waals surface area contributed by atoms with Crippen molar-refractivity contribution in [3.05, 3.63) is 56.4 Å². The van der Waals surface area contributed by atoms with Crippen LogP contribution in [0.5, 0.6) is 5.75 Å². The van der Waals surface area contributed by atoms with Gasteiger partial charge in [0.15, 0.2) is 11.4 Å². The van der Waals surface area contributed by atoms with Crippen LogP contribution in [0, 0.1) is 6.92 Å². The van der Waals surface area contributed by atoms with Crippen molar-refractivity contribution in [2.75, 3.05) is 25.0 Å². The molecular weight excluding hydrogens is 545 g/mol. The van der Waals surface area contributed by atoms with Crippen LogP contribution >= 0.6 is 39.1 Å². The summed E-state index contributed by atoms with van der Waals surface area (Å²) in [5.41, 5.74) is 7.96. The summed E-state index contributed by atoms with van der Waals surface area (Å²) in [4.78, 5) is 32.4. The highest BCUT2D eigenvalue weighted by Crippen LogP contribution is 2.35. The number of rotatable bonds is 8. The van der Waals surface area contributed by atoms with Gasteiger partial charge in [-0.2, -0.15) is 0 Å². The number of carbonyl (C=O) groups is 2. The molecule has 8 nitrogen and oxygen atoms in total. The molecular formula is C23H26BrCl2N5O3. The summed E-state index contributed by atoms with van der Waals surface area (Å²) < 4.78 is 8.75. The molecule has 0 aliphatic carbocycles. The monoisotopic (exact) mass is 569 g/mol. The highest BCUT2D eigenvalue weighted by Gasteiger charge is 2.24. The molecule has 2 heterocycles. The van der Waals surface area contributed by atoms with E-state index in [0.29, 0.717) is 27.7 Å². The molecule has 1 aromatic carbocycles. The average molecular weight is 571 g/mol. The molecule has 0 unspecified atom stereocenters. The number of pyridine rings is 1. The predicted octanol–water partition coefficient (Wildman–Crippen LogP) is 4.45. The van der Waals surface area contributed by atoms with Crippen LogP contribution < -0.4 is 15.4 Å². The van der Waals surface area contributed by atoms with E-state index in [-0.39, 0.29) is 42.6 Å². The Kier molecular flexibility index (Phi) is 8.46. The zero-order valence-corrected chi connectivity index (χ0v) is 22.4. The minimum Gasteiger partial charge on any atom is -0.485 e. The lowest BCUT2D eigenvalue weighted by Gasteiger charge is -2.28. The van der Waals surface area contributed by atoms with E-state index in [0.717, 1.165) is 10.3 Å². The summed E-state index contributed by atoms with van der Waals surface area (Å²) in [5, 5.41) is 0.696. The number of aryl methyl sites for hydroxylation is 1. The van der Waals surface area contributed by atoms with Crippen LogP contribution in [0.15, 0.2) is 35.1 Å². The minimum atomic E-state index is -0.311. The number of hydrogen-bond donors (Lipinski definition) is 1. The maximum absolute atomic E-state index is 12.9. The van der Waals surface area contributed by atoms with Crippen molar-refractivity contribution in [2.45, 2.75) is 33.4 Å². The van der Waals surface area contributed by atoms with Crippen molar-refractivity contribution in [1.29, 1.82) is 0 Å². The highest BCUT2D eigenvalue weighted by molar-refractivity contribution is 9.10. The summed E-state index contributed by atoms with van der Waals surface area (Å²) in [7, 11) is 1.60. The van der Waals surface area contributed by atoms with Crippen LogP contribution in [0.4, 0.5) is 5.69 Å². The van der Waals surface area contributed by atoms with Gasteiger partial charge in [-0.3, -0.25) is 14.0 Å². The molecule has 0 aliphatic heterocycles. The molecule has 3 aromatic rings. The molecule has 0 aliphatic rings. The van der Waals surface area contributed by atoms with Crippen LogP contribution in [-0.2, 0) is 16.2 Å². The smallest absolute Gasteiger partial charge is 0.246 e. The van der Waals surface area contributed by atoms with Crippen LogP contribution in [0.3, 0.4) is 0 Å². The largest absolute Gasteiger partial charge is 0.485 e. The van der Waals surface area contributed by atoms with E-state index in [1.54, 1.807) is 19.2 Å². The number of anilines is 1. The maximum atomic E-state index is 12.9. The number of imidazole rings is 1. The van der Waals surface area contributed by atoms with E-state index >= 15 is 0 Å². The van der Waals surface area contributed by atoms with E-state index in [2.05, 4.69) is 20.9 Å². The molecule has 3 rings (SSSR count). The van der Waals surface area contributed by atoms with E-state index < -0.39 is 0 Å². The molecule has 34 heavy (non-hydrogen) atoms. The van der Waals surface area contributed by atoms with Gasteiger partial charge >= 0.3 is 0 Å². The van der Waals surface area contributed by atoms with Gasteiger partial charge in [-0.1, -0.05) is 23.2 Å². The van der Waals surface area contributed by atoms with Crippen molar-refractivity contribution in [2.24, 2.45) is 5.73 Å². The molecule has 0 atom stereocenters. The number of likely N-dealkylation sites (N-methyl/N-ethyl adjacent to an activating group) is 1. The second-order valence-electron chi connectivity index (χ2n) is 7.97. The molecule has 0 spiro atoms. The second-order valence-corrected chi connectivity index (χ2v) is 9.51. The molecule has 0 bridgehead atoms. The summed E-state index contributed by atoms with van der Waals surface area (Å²) in [6, 6.07) is 6.81. The van der Waals surface area contributed by atoms with Crippen molar-refractivity contribution < 1.29 is 14.3 Å². The van der Waals surface area contributed by atoms with Gasteiger partial charge in [-0.05, 0) is 61.0 Å². The number of carbonyl (C=O) groups excluding carboxylic acids is 2. The quantitative estimate of drug-likeness (QED) is 0.432. The van der Waals surface area contributed by atoms with Crippen molar-refractivity contribution in [1.82, 2.24) is 14.3 Å². The molecule has 11 heteroatoms. The number of halogens is 3. The Morgan fingerprint density at radius 2 is 1.94 bits per heavy atom. The molecule has 0 fully saturated rings. The number of aromatic nitrogens is 2. The number of ether oxygens (including phenoxy) is 1. The SMILES string of the molecule is Cc1nc2c(OCc3c(Cl)ccc(N(C)C(=O)CN(C(=O)CN)C(C)C)c3Cl)cccn2c1Br. The molecule has 2 N–H and O–H groups in total. The first-order valence-corrected chi connectivity index (χ1v) is 12.1. The van der Waals surface area contributed by atoms with Gasteiger partial charge in [-0.25, -0.2) is 4.98 Å². The second kappa shape index (κ2) is 10.9. The fourth-order valence-corrected chi connectivity index (χ4v) is 4.41. The minimum absolute atomic E-state index is 0.0700. The van der Waals surface area contributed by atoms with Gasteiger partial charge in [0.25, 0.3) is 0 Å². The van der Waals surface area contributed by atoms with Crippen LogP contribution in [0.1, 0.15) is 25.1 Å². The van der Waals surface area contributed by atoms with Gasteiger partial charge in [0.1, 0.15) is 17.8 Å². The Morgan fingerprint density at radius 1 is 1.24 bits per heavy atom. The lowest BCUT2D eigenvalue weighted by atomic mass is 10.2. The van der Waals surface area contributed by atoms with E-state index in [9.17, 15) is 9.59 Å². The lowest BCUT2D eigenvalue weighted by Crippen LogP contribution is -2.47. The molecule has 2 amide bonds. The molecule has 0 saturated heterocycles. The Bertz CT molecular complexity index is 1230. The van der Waals surface area contributed by atoms with E-state index in [1.165, 1.54) is 9.80 Å². The third-order valence-electron chi connectivity index (χ3n) is 5.41. The van der Waals surface area contributed by atoms with Crippen LogP contribution in [0.25, 0.3) is 5.65 Å². The number of nitrogens with two attached hydrogens (primary N) is 1. The van der Waals surface area contributed by atoms with Gasteiger partial charge in [0.05, 0.1) is 22.9 Å². The van der Waals surface area contributed by atoms with Gasteiger partial charge < -0.3 is 20.3 Å². The van der Waals surface area contributed by atoms with E-state index in [1.807, 2.05) is 43.5 Å². The topological polar surface area (TPSA) is 93.2 Å². The Morgan fingerprint density at radius 3 is 2.59 bits per heavy atom. The van der Waals surface area contributed by atoms with Crippen molar-refractivity contribution >= 4 is 62.3 Å². The van der Waals surface area contributed by atoms with E-state index in [4.69, 9.17) is 33.7 Å². The maximum Gasteiger partial charge on any atom is 0.246 e. The average Bonchev–Trinajstić information content (AvgIpc) is 3.10. The number of nitrogens with zero attached hydrogens (tertiary/aromatic N) is 4. The first-order valence-electron chi connectivity index (χ1n) is 10.6. The number of amides is 2. The first kappa shape index (κ1) is 26.3. The lowest BCUT2D eigenvalue weighted by molar-refractivity contribution is -0.135. The fraction of sp³-hybridized carbons (Fsp3) is 0.348. The highest BCUT2D eigenvalue weighted by atomic mass is 79.9. The van der Waals surface area contributed by atoms with Gasteiger partial charge in [-0.15, -0.1) is 0 Å². The Hall–Kier alpha value is -2.33. The third-order valence-corrected chi connectivity index (χ3v) is 7.14. The summed E-state index contributed by atoms with van der Waals surface area (Å²) in [6.07, 6.45) is 1.88. The summed E-state index contributed by atoms with van der Waals surface area (Å²) >= 11 is 16.6. The standard InChI is InChI=1S/C23H26BrCl2N5O3/c1-13(2)31(19(32)10-27)11-20(33)29(4)17-8-7-16(25)15(21(17)26)12-34-18-6-5-9-30-22(24)14(3)28-23(18)30/h5-9,13H,10-12,27H2,1-4H3. The zero-order chi connectivity index (χ0) is 25.2. The summed E-state index contributed by atoms with van der Waals surface area (Å²) in [5.74, 6) is -0.0525. The van der Waals surface area contributed by atoms with Gasteiger partial charge in [0, 0.05) is 29.9 Å². The molecule has 182 valence electrons.